The first-order chi connectivity index (χ1) is 17.4. The number of nitrogens with zero attached hydrogens (tertiary/aromatic N) is 4. The van der Waals surface area contributed by atoms with E-state index in [0.717, 1.165) is 43.0 Å². The lowest BCUT2D eigenvalue weighted by molar-refractivity contribution is 0.0937. The number of benzene rings is 2. The normalized spacial score (nSPS) is 15.0. The first-order valence-electron chi connectivity index (χ1n) is 11.6. The molecule has 1 amide bonds. The van der Waals surface area contributed by atoms with Crippen molar-refractivity contribution in [2.24, 2.45) is 0 Å². The minimum atomic E-state index is -0.401. The number of halogens is 3. The molecule has 1 saturated heterocycles. The number of aromatic nitrogens is 3. The second-order valence-corrected chi connectivity index (χ2v) is 9.29. The fourth-order valence-electron chi connectivity index (χ4n) is 4.01. The van der Waals surface area contributed by atoms with Gasteiger partial charge in [0.2, 0.25) is 0 Å². The van der Waals surface area contributed by atoms with Gasteiger partial charge < -0.3 is 15.3 Å². The van der Waals surface area contributed by atoms with Gasteiger partial charge in [-0.05, 0) is 49.2 Å². The highest BCUT2D eigenvalue weighted by Gasteiger charge is 2.27. The van der Waals surface area contributed by atoms with Crippen molar-refractivity contribution in [2.45, 2.75) is 32.2 Å². The minimum absolute atomic E-state index is 0.0522. The summed E-state index contributed by atoms with van der Waals surface area (Å²) in [5.74, 6) is 0.00171. The van der Waals surface area contributed by atoms with Gasteiger partial charge in [0.15, 0.2) is 5.65 Å². The number of aromatic hydroxyl groups is 1. The second kappa shape index (κ2) is 11.6. The van der Waals surface area contributed by atoms with Gasteiger partial charge in [0.05, 0.1) is 22.5 Å². The van der Waals surface area contributed by atoms with Crippen LogP contribution in [0.4, 0.5) is 10.2 Å². The van der Waals surface area contributed by atoms with Crippen molar-refractivity contribution in [1.82, 2.24) is 19.9 Å². The van der Waals surface area contributed by atoms with Gasteiger partial charge in [0.1, 0.15) is 17.4 Å². The zero-order valence-corrected chi connectivity index (χ0v) is 21.2. The van der Waals surface area contributed by atoms with Crippen molar-refractivity contribution in [3.8, 4) is 5.75 Å². The van der Waals surface area contributed by atoms with Crippen molar-refractivity contribution in [2.75, 3.05) is 18.0 Å². The number of phenols is 1. The molecule has 2 N–H and O–H groups in total. The molecule has 1 fully saturated rings. The summed E-state index contributed by atoms with van der Waals surface area (Å²) in [7, 11) is 0. The van der Waals surface area contributed by atoms with E-state index in [9.17, 15) is 14.3 Å². The van der Waals surface area contributed by atoms with Gasteiger partial charge in [0.25, 0.3) is 5.91 Å². The maximum Gasteiger partial charge on any atom is 0.255 e. The summed E-state index contributed by atoms with van der Waals surface area (Å²) in [6, 6.07) is 14.6. The number of nitrogens with one attached hydrogen (secondary N) is 1. The lowest BCUT2D eigenvalue weighted by atomic mass is 10.1. The quantitative estimate of drug-likeness (QED) is 0.355. The van der Waals surface area contributed by atoms with Crippen LogP contribution in [0.3, 0.4) is 0 Å². The Bertz CT molecular complexity index is 1350. The molecule has 2 aromatic heterocycles. The van der Waals surface area contributed by atoms with Gasteiger partial charge in [-0.15, -0.1) is 5.10 Å². The number of hydrogen-bond donors (Lipinski definition) is 2. The molecule has 0 aliphatic carbocycles. The van der Waals surface area contributed by atoms with Crippen LogP contribution in [0.1, 0.15) is 35.8 Å². The highest BCUT2D eigenvalue weighted by molar-refractivity contribution is 6.36. The van der Waals surface area contributed by atoms with Crippen molar-refractivity contribution < 1.29 is 14.3 Å². The number of amides is 1. The fourth-order valence-corrected chi connectivity index (χ4v) is 4.50. The molecule has 4 aromatic rings. The molecular weight excluding hydrogens is 504 g/mol. The van der Waals surface area contributed by atoms with Gasteiger partial charge in [-0.1, -0.05) is 54.7 Å². The van der Waals surface area contributed by atoms with Gasteiger partial charge >= 0.3 is 0 Å². The molecule has 0 bridgehead atoms. The summed E-state index contributed by atoms with van der Waals surface area (Å²) in [5, 5.41) is 18.1. The third-order valence-corrected chi connectivity index (χ3v) is 6.28. The molecular formula is C26H26Cl2FN5O2. The van der Waals surface area contributed by atoms with Crippen LogP contribution in [-0.4, -0.2) is 44.7 Å². The predicted octanol–water partition coefficient (Wildman–Crippen LogP) is 5.53. The standard InChI is InChI=1S/C20H21Cl2N5O2.C6H5F/c1-2-3-14-10-23-17-4-5-18(25-27(14)17)26-7-6-13(11-26)24-20(29)15-8-12(21)9-16(22)19(15)28;7-6-4-2-1-3-5-6/h4-5,8-10,13,28H,2-3,6-7,11H2,1H3,(H,24,29);1-5H/t13-;/m0./s1. The summed E-state index contributed by atoms with van der Waals surface area (Å²) in [4.78, 5) is 19.1. The summed E-state index contributed by atoms with van der Waals surface area (Å²) < 4.78 is 13.8. The van der Waals surface area contributed by atoms with Gasteiger partial charge in [-0.2, -0.15) is 0 Å². The molecule has 7 nitrogen and oxygen atoms in total. The van der Waals surface area contributed by atoms with Crippen LogP contribution in [0.5, 0.6) is 5.75 Å². The molecule has 10 heteroatoms. The van der Waals surface area contributed by atoms with Gasteiger partial charge in [-0.25, -0.2) is 13.9 Å². The van der Waals surface area contributed by atoms with Crippen molar-refractivity contribution in [3.05, 3.63) is 87.9 Å². The molecule has 0 saturated carbocycles. The Morgan fingerprint density at radius 3 is 2.67 bits per heavy atom. The van der Waals surface area contributed by atoms with Crippen molar-refractivity contribution >= 4 is 40.6 Å². The average Bonchev–Trinajstić information content (AvgIpc) is 3.49. The Hall–Kier alpha value is -3.36. The van der Waals surface area contributed by atoms with Crippen molar-refractivity contribution in [3.63, 3.8) is 0 Å². The molecule has 1 aliphatic rings. The Balaban J connectivity index is 0.000000375. The third-order valence-electron chi connectivity index (χ3n) is 5.78. The van der Waals surface area contributed by atoms with E-state index in [0.29, 0.717) is 11.6 Å². The van der Waals surface area contributed by atoms with Gasteiger partial charge in [0, 0.05) is 24.2 Å². The Labute approximate surface area is 218 Å². The monoisotopic (exact) mass is 529 g/mol. The number of carbonyl (C=O) groups is 1. The summed E-state index contributed by atoms with van der Waals surface area (Å²) >= 11 is 11.9. The van der Waals surface area contributed by atoms with Crippen LogP contribution < -0.4 is 10.2 Å². The maximum atomic E-state index is 12.6. The molecule has 188 valence electrons. The van der Waals surface area contributed by atoms with Crippen LogP contribution in [0.15, 0.2) is 60.8 Å². The zero-order valence-electron chi connectivity index (χ0n) is 19.7. The van der Waals surface area contributed by atoms with Gasteiger partial charge in [-0.3, -0.25) is 4.79 Å². The highest BCUT2D eigenvalue weighted by atomic mass is 35.5. The molecule has 1 aliphatic heterocycles. The number of fused-ring (bicyclic) bond motifs is 1. The predicted molar refractivity (Wildman–Crippen MR) is 140 cm³/mol. The molecule has 0 spiro atoms. The van der Waals surface area contributed by atoms with Crippen LogP contribution in [0, 0.1) is 5.82 Å². The number of imidazole rings is 1. The number of hydrogen-bond acceptors (Lipinski definition) is 5. The highest BCUT2D eigenvalue weighted by Crippen LogP contribution is 2.31. The smallest absolute Gasteiger partial charge is 0.255 e. The number of anilines is 1. The van der Waals surface area contributed by atoms with E-state index in [4.69, 9.17) is 28.3 Å². The third kappa shape index (κ3) is 6.06. The summed E-state index contributed by atoms with van der Waals surface area (Å²) in [6.45, 7) is 3.52. The molecule has 0 unspecified atom stereocenters. The van der Waals surface area contributed by atoms with E-state index in [1.807, 2.05) is 22.8 Å². The topological polar surface area (TPSA) is 82.8 Å². The van der Waals surface area contributed by atoms with E-state index in [-0.39, 0.29) is 28.2 Å². The van der Waals surface area contributed by atoms with Crippen LogP contribution >= 0.6 is 23.2 Å². The Kier molecular flexibility index (Phi) is 8.28. The molecule has 1 atom stereocenters. The SMILES string of the molecule is CCCc1cnc2ccc(N3CC[C@H](NC(=O)c4cc(Cl)cc(Cl)c4O)C3)nn12.Fc1ccccc1. The molecule has 3 heterocycles. The fraction of sp³-hybridized carbons (Fsp3) is 0.269. The van der Waals surface area contributed by atoms with Crippen LogP contribution in [-0.2, 0) is 6.42 Å². The van der Waals surface area contributed by atoms with E-state index < -0.39 is 5.91 Å². The van der Waals surface area contributed by atoms with E-state index in [1.165, 1.54) is 24.3 Å². The summed E-state index contributed by atoms with van der Waals surface area (Å²) in [5.41, 5.74) is 1.99. The van der Waals surface area contributed by atoms with E-state index >= 15 is 0 Å². The zero-order chi connectivity index (χ0) is 25.7. The molecule has 2 aromatic carbocycles. The number of carbonyl (C=O) groups excluding carboxylic acids is 1. The van der Waals surface area contributed by atoms with E-state index in [2.05, 4.69) is 22.1 Å². The lowest BCUT2D eigenvalue weighted by Gasteiger charge is -2.18. The Morgan fingerprint density at radius 1 is 1.19 bits per heavy atom. The lowest BCUT2D eigenvalue weighted by Crippen LogP contribution is -2.37. The first kappa shape index (κ1) is 25.7. The van der Waals surface area contributed by atoms with E-state index in [1.54, 1.807) is 18.2 Å². The second-order valence-electron chi connectivity index (χ2n) is 8.45. The number of phenolic OH excluding ortho intramolecular Hbond substituents is 1. The molecule has 5 rings (SSSR count). The molecule has 36 heavy (non-hydrogen) atoms. The summed E-state index contributed by atoms with van der Waals surface area (Å²) in [6.07, 6.45) is 4.58. The Morgan fingerprint density at radius 2 is 1.97 bits per heavy atom. The number of rotatable bonds is 5. The van der Waals surface area contributed by atoms with Crippen LogP contribution in [0.2, 0.25) is 10.0 Å². The first-order valence-corrected chi connectivity index (χ1v) is 12.4. The van der Waals surface area contributed by atoms with Crippen molar-refractivity contribution in [1.29, 1.82) is 0 Å². The largest absolute Gasteiger partial charge is 0.506 e. The number of aryl methyl sites for hydroxylation is 1. The average molecular weight is 530 g/mol. The van der Waals surface area contributed by atoms with Crippen LogP contribution in [0.25, 0.3) is 5.65 Å². The molecule has 0 radical (unpaired) electrons. The minimum Gasteiger partial charge on any atom is -0.506 e. The maximum absolute atomic E-state index is 12.6.